The van der Waals surface area contributed by atoms with E-state index in [1.807, 2.05) is 6.07 Å². The lowest BCUT2D eigenvalue weighted by Gasteiger charge is -2.15. The van der Waals surface area contributed by atoms with Crippen LogP contribution >= 0.6 is 22.9 Å². The molecule has 94 valence electrons. The van der Waals surface area contributed by atoms with E-state index < -0.39 is 0 Å². The van der Waals surface area contributed by atoms with Crippen molar-refractivity contribution in [2.75, 3.05) is 0 Å². The lowest BCUT2D eigenvalue weighted by Crippen LogP contribution is -2.16. The molecule has 1 aromatic heterocycles. The molecule has 1 aliphatic carbocycles. The van der Waals surface area contributed by atoms with Crippen LogP contribution in [-0.4, -0.2) is 10.1 Å². The molecule has 0 bridgehead atoms. The molecule has 3 nitrogen and oxygen atoms in total. The molecular weight excluding hydrogens is 268 g/mol. The molecule has 3 rings (SSSR count). The van der Waals surface area contributed by atoms with Crippen LogP contribution in [0.25, 0.3) is 10.6 Å². The number of halogens is 1. The predicted molar refractivity (Wildman–Crippen MR) is 74.1 cm³/mol. The molecule has 1 aliphatic rings. The van der Waals surface area contributed by atoms with Crippen molar-refractivity contribution >= 4 is 22.9 Å². The first-order valence-corrected chi connectivity index (χ1v) is 7.08. The third-order valence-corrected chi connectivity index (χ3v) is 4.68. The highest BCUT2D eigenvalue weighted by Crippen LogP contribution is 2.37. The van der Waals surface area contributed by atoms with Crippen molar-refractivity contribution < 1.29 is 5.11 Å². The third kappa shape index (κ3) is 2.00. The Morgan fingerprint density at radius 3 is 3.00 bits per heavy atom. The van der Waals surface area contributed by atoms with Gasteiger partial charge in [-0.05, 0) is 37.5 Å². The van der Waals surface area contributed by atoms with Crippen molar-refractivity contribution in [3.8, 4) is 16.3 Å². The van der Waals surface area contributed by atoms with Crippen LogP contribution in [-0.2, 0) is 6.42 Å². The van der Waals surface area contributed by atoms with Crippen molar-refractivity contribution in [2.24, 2.45) is 5.73 Å². The standard InChI is InChI=1S/C13H13ClN2OS/c14-8-6-7(4-5-10(8)17)13-16-12-9(15)2-1-3-11(12)18-13/h4-6,9,17H,1-3,15H2. The van der Waals surface area contributed by atoms with E-state index in [0.29, 0.717) is 5.02 Å². The Morgan fingerprint density at radius 1 is 1.44 bits per heavy atom. The Hall–Kier alpha value is -1.10. The maximum absolute atomic E-state index is 9.43. The van der Waals surface area contributed by atoms with Gasteiger partial charge < -0.3 is 10.8 Å². The SMILES string of the molecule is NC1CCCc2sc(-c3ccc(O)c(Cl)c3)nc21. The minimum absolute atomic E-state index is 0.0614. The van der Waals surface area contributed by atoms with Gasteiger partial charge in [-0.3, -0.25) is 0 Å². The normalized spacial score (nSPS) is 18.7. The highest BCUT2D eigenvalue weighted by molar-refractivity contribution is 7.15. The smallest absolute Gasteiger partial charge is 0.134 e. The summed E-state index contributed by atoms with van der Waals surface area (Å²) in [7, 11) is 0. The van der Waals surface area contributed by atoms with E-state index in [9.17, 15) is 5.11 Å². The van der Waals surface area contributed by atoms with Crippen molar-refractivity contribution in [3.05, 3.63) is 33.8 Å². The Bertz CT molecular complexity index is 597. The molecule has 1 unspecified atom stereocenters. The van der Waals surface area contributed by atoms with Gasteiger partial charge in [0, 0.05) is 16.5 Å². The summed E-state index contributed by atoms with van der Waals surface area (Å²) in [5, 5.41) is 10.7. The van der Waals surface area contributed by atoms with E-state index in [1.54, 1.807) is 23.5 Å². The molecule has 0 radical (unpaired) electrons. The maximum atomic E-state index is 9.43. The summed E-state index contributed by atoms with van der Waals surface area (Å²) in [6.07, 6.45) is 3.20. The lowest BCUT2D eigenvalue weighted by molar-refractivity contribution is 0.475. The second kappa shape index (κ2) is 4.53. The third-order valence-electron chi connectivity index (χ3n) is 3.19. The van der Waals surface area contributed by atoms with Crippen LogP contribution in [0.15, 0.2) is 18.2 Å². The number of benzene rings is 1. The summed E-state index contributed by atoms with van der Waals surface area (Å²) in [5.41, 5.74) is 8.04. The second-order valence-electron chi connectivity index (χ2n) is 4.49. The zero-order valence-electron chi connectivity index (χ0n) is 9.69. The van der Waals surface area contributed by atoms with Crippen LogP contribution in [0.4, 0.5) is 0 Å². The Balaban J connectivity index is 2.04. The van der Waals surface area contributed by atoms with E-state index in [2.05, 4.69) is 4.98 Å². The van der Waals surface area contributed by atoms with Gasteiger partial charge in [0.15, 0.2) is 0 Å². The van der Waals surface area contributed by atoms with Crippen molar-refractivity contribution in [3.63, 3.8) is 0 Å². The van der Waals surface area contributed by atoms with Gasteiger partial charge in [0.1, 0.15) is 10.8 Å². The monoisotopic (exact) mass is 280 g/mol. The number of hydrogen-bond donors (Lipinski definition) is 2. The van der Waals surface area contributed by atoms with Gasteiger partial charge in [-0.1, -0.05) is 11.6 Å². The number of aromatic hydroxyl groups is 1. The van der Waals surface area contributed by atoms with Gasteiger partial charge in [0.2, 0.25) is 0 Å². The molecule has 0 fully saturated rings. The first-order chi connectivity index (χ1) is 8.65. The van der Waals surface area contributed by atoms with E-state index in [1.165, 1.54) is 4.88 Å². The second-order valence-corrected chi connectivity index (χ2v) is 5.98. The summed E-state index contributed by atoms with van der Waals surface area (Å²) in [4.78, 5) is 5.91. The van der Waals surface area contributed by atoms with E-state index in [4.69, 9.17) is 17.3 Å². The summed E-state index contributed by atoms with van der Waals surface area (Å²) in [6, 6.07) is 5.23. The van der Waals surface area contributed by atoms with Gasteiger partial charge in [0.25, 0.3) is 0 Å². The topological polar surface area (TPSA) is 59.1 Å². The lowest BCUT2D eigenvalue weighted by atomic mass is 9.99. The molecule has 0 saturated heterocycles. The number of phenolic OH excluding ortho intramolecular Hbond substituents is 1. The molecule has 0 amide bonds. The molecule has 18 heavy (non-hydrogen) atoms. The van der Waals surface area contributed by atoms with Crippen LogP contribution in [0, 0.1) is 0 Å². The van der Waals surface area contributed by atoms with Crippen LogP contribution in [0.5, 0.6) is 5.75 Å². The summed E-state index contributed by atoms with van der Waals surface area (Å²) >= 11 is 7.60. The Morgan fingerprint density at radius 2 is 2.28 bits per heavy atom. The maximum Gasteiger partial charge on any atom is 0.134 e. The van der Waals surface area contributed by atoms with Gasteiger partial charge >= 0.3 is 0 Å². The number of phenols is 1. The van der Waals surface area contributed by atoms with Crippen LogP contribution in [0.2, 0.25) is 5.02 Å². The number of aryl methyl sites for hydroxylation is 1. The number of nitrogens with two attached hydrogens (primary N) is 1. The highest BCUT2D eigenvalue weighted by Gasteiger charge is 2.22. The zero-order valence-corrected chi connectivity index (χ0v) is 11.3. The molecule has 3 N–H and O–H groups in total. The molecule has 1 heterocycles. The van der Waals surface area contributed by atoms with Gasteiger partial charge in [0.05, 0.1) is 10.7 Å². The minimum Gasteiger partial charge on any atom is -0.506 e. The van der Waals surface area contributed by atoms with Crippen molar-refractivity contribution in [1.82, 2.24) is 4.98 Å². The van der Waals surface area contributed by atoms with Gasteiger partial charge in [-0.15, -0.1) is 11.3 Å². The Kier molecular flexibility index (Phi) is 3.01. The van der Waals surface area contributed by atoms with Crippen LogP contribution in [0.1, 0.15) is 29.5 Å². The first kappa shape index (κ1) is 12.0. The fourth-order valence-electron chi connectivity index (χ4n) is 2.22. The Labute approximate surface area is 114 Å². The molecule has 0 saturated carbocycles. The average molecular weight is 281 g/mol. The van der Waals surface area contributed by atoms with Crippen molar-refractivity contribution in [1.29, 1.82) is 0 Å². The number of rotatable bonds is 1. The summed E-state index contributed by atoms with van der Waals surface area (Å²) in [6.45, 7) is 0. The molecule has 2 aromatic rings. The number of thiazole rings is 1. The predicted octanol–water partition coefficient (Wildman–Crippen LogP) is 3.51. The number of hydrogen-bond acceptors (Lipinski definition) is 4. The molecule has 1 atom stereocenters. The summed E-state index contributed by atoms with van der Waals surface area (Å²) in [5.74, 6) is 0.0958. The molecule has 0 spiro atoms. The number of fused-ring (bicyclic) bond motifs is 1. The van der Waals surface area contributed by atoms with Crippen molar-refractivity contribution in [2.45, 2.75) is 25.3 Å². The minimum atomic E-state index is 0.0614. The van der Waals surface area contributed by atoms with Gasteiger partial charge in [-0.2, -0.15) is 0 Å². The summed E-state index contributed by atoms with van der Waals surface area (Å²) < 4.78 is 0. The largest absolute Gasteiger partial charge is 0.506 e. The van der Waals surface area contributed by atoms with E-state index >= 15 is 0 Å². The molecule has 1 aromatic carbocycles. The number of aromatic nitrogens is 1. The van der Waals surface area contributed by atoms with Crippen LogP contribution < -0.4 is 5.73 Å². The van der Waals surface area contributed by atoms with Crippen LogP contribution in [0.3, 0.4) is 0 Å². The van der Waals surface area contributed by atoms with E-state index in [0.717, 1.165) is 35.5 Å². The molecule has 5 heteroatoms. The highest BCUT2D eigenvalue weighted by atomic mass is 35.5. The zero-order chi connectivity index (χ0) is 12.7. The average Bonchev–Trinajstić information content (AvgIpc) is 2.78. The molecule has 0 aliphatic heterocycles. The van der Waals surface area contributed by atoms with E-state index in [-0.39, 0.29) is 11.8 Å². The molecular formula is C13H13ClN2OS. The first-order valence-electron chi connectivity index (χ1n) is 5.89. The fourth-order valence-corrected chi connectivity index (χ4v) is 3.57. The number of nitrogens with zero attached hydrogens (tertiary/aromatic N) is 1. The van der Waals surface area contributed by atoms with Gasteiger partial charge in [-0.25, -0.2) is 4.98 Å². The fraction of sp³-hybridized carbons (Fsp3) is 0.308. The quantitative estimate of drug-likeness (QED) is 0.840.